The lowest BCUT2D eigenvalue weighted by atomic mass is 9.93. The van der Waals surface area contributed by atoms with Crippen LogP contribution in [0.4, 0.5) is 0 Å². The van der Waals surface area contributed by atoms with Crippen LogP contribution >= 0.6 is 22.7 Å². The molecule has 4 heteroatoms. The number of hydrogen-bond acceptors (Lipinski definition) is 4. The van der Waals surface area contributed by atoms with Gasteiger partial charge >= 0.3 is 0 Å². The molecule has 0 saturated heterocycles. The molecule has 2 nitrogen and oxygen atoms in total. The number of fused-ring (bicyclic) bond motifs is 1. The molecule has 114 valence electrons. The van der Waals surface area contributed by atoms with Crippen LogP contribution in [0.25, 0.3) is 0 Å². The number of nitrogens with zero attached hydrogens (tertiary/aromatic N) is 1. The van der Waals surface area contributed by atoms with E-state index in [9.17, 15) is 0 Å². The summed E-state index contributed by atoms with van der Waals surface area (Å²) < 4.78 is 0. The van der Waals surface area contributed by atoms with E-state index in [2.05, 4.69) is 32.2 Å². The fraction of sp³-hybridized carbons (Fsp3) is 0.588. The maximum Gasteiger partial charge on any atom is 0.0947 e. The summed E-state index contributed by atoms with van der Waals surface area (Å²) in [4.78, 5) is 7.68. The molecule has 0 amide bonds. The minimum atomic E-state index is 0.0968. The Morgan fingerprint density at radius 2 is 2.05 bits per heavy atom. The lowest BCUT2D eigenvalue weighted by Gasteiger charge is -2.14. The molecule has 2 aromatic heterocycles. The van der Waals surface area contributed by atoms with Crippen LogP contribution < -0.4 is 5.73 Å². The van der Waals surface area contributed by atoms with Crippen LogP contribution in [0.1, 0.15) is 65.7 Å². The van der Waals surface area contributed by atoms with E-state index in [0.717, 1.165) is 6.42 Å². The molecule has 2 N–H and O–H groups in total. The summed E-state index contributed by atoms with van der Waals surface area (Å²) in [5.41, 5.74) is 9.29. The van der Waals surface area contributed by atoms with Crippen molar-refractivity contribution in [2.24, 2.45) is 5.73 Å². The summed E-state index contributed by atoms with van der Waals surface area (Å²) in [5.74, 6) is 0. The van der Waals surface area contributed by atoms with Gasteiger partial charge in [-0.3, -0.25) is 0 Å². The molecule has 2 aromatic rings. The van der Waals surface area contributed by atoms with Crippen LogP contribution in [0.15, 0.2) is 11.4 Å². The van der Waals surface area contributed by atoms with Gasteiger partial charge in [-0.15, -0.1) is 22.7 Å². The summed E-state index contributed by atoms with van der Waals surface area (Å²) in [6.07, 6.45) is 6.02. The van der Waals surface area contributed by atoms with Gasteiger partial charge in [0.25, 0.3) is 0 Å². The molecule has 1 unspecified atom stereocenters. The van der Waals surface area contributed by atoms with Gasteiger partial charge in [0.15, 0.2) is 0 Å². The van der Waals surface area contributed by atoms with Gasteiger partial charge in [-0.1, -0.05) is 20.8 Å². The predicted octanol–water partition coefficient (Wildman–Crippen LogP) is 4.62. The lowest BCUT2D eigenvalue weighted by molar-refractivity contribution is 0.569. The predicted molar refractivity (Wildman–Crippen MR) is 92.4 cm³/mol. The van der Waals surface area contributed by atoms with Crippen LogP contribution in [0.5, 0.6) is 0 Å². The molecule has 0 saturated carbocycles. The molecule has 0 aliphatic heterocycles. The van der Waals surface area contributed by atoms with Gasteiger partial charge in [-0.05, 0) is 37.3 Å². The molecule has 0 radical (unpaired) electrons. The van der Waals surface area contributed by atoms with Crippen molar-refractivity contribution in [2.75, 3.05) is 0 Å². The highest BCUT2D eigenvalue weighted by atomic mass is 32.1. The molecule has 2 heterocycles. The Morgan fingerprint density at radius 3 is 2.71 bits per heavy atom. The van der Waals surface area contributed by atoms with Crippen molar-refractivity contribution in [1.82, 2.24) is 4.98 Å². The third-order valence-corrected chi connectivity index (χ3v) is 6.34. The number of thiophene rings is 1. The minimum absolute atomic E-state index is 0.0968. The first-order chi connectivity index (χ1) is 9.93. The standard InChI is InChI=1S/C17H24N2S2/c1-17(2,3)15-10-20-16(19-15)9-12(18)14-8-11-6-4-5-7-13(11)21-14/h8,10,12H,4-7,9,18H2,1-3H3. The molecule has 3 rings (SSSR count). The van der Waals surface area contributed by atoms with Gasteiger partial charge in [0.1, 0.15) is 0 Å². The van der Waals surface area contributed by atoms with Crippen LogP contribution in [-0.2, 0) is 24.7 Å². The second-order valence-electron chi connectivity index (χ2n) is 6.99. The van der Waals surface area contributed by atoms with Gasteiger partial charge in [-0.2, -0.15) is 0 Å². The van der Waals surface area contributed by atoms with Crippen LogP contribution in [-0.4, -0.2) is 4.98 Å². The van der Waals surface area contributed by atoms with E-state index in [4.69, 9.17) is 10.7 Å². The van der Waals surface area contributed by atoms with Crippen molar-refractivity contribution in [3.63, 3.8) is 0 Å². The third-order valence-electron chi connectivity index (χ3n) is 4.10. The highest BCUT2D eigenvalue weighted by molar-refractivity contribution is 7.12. The smallest absolute Gasteiger partial charge is 0.0947 e. The third kappa shape index (κ3) is 3.38. The fourth-order valence-corrected chi connectivity index (χ4v) is 5.07. The molecule has 1 atom stereocenters. The Bertz CT molecular complexity index is 596. The number of thiazole rings is 1. The first-order valence-electron chi connectivity index (χ1n) is 7.75. The summed E-state index contributed by atoms with van der Waals surface area (Å²) in [7, 11) is 0. The molecular weight excluding hydrogens is 296 g/mol. The Hall–Kier alpha value is -0.710. The quantitative estimate of drug-likeness (QED) is 0.896. The summed E-state index contributed by atoms with van der Waals surface area (Å²) in [5, 5.41) is 3.35. The van der Waals surface area contributed by atoms with E-state index in [-0.39, 0.29) is 11.5 Å². The molecule has 0 fully saturated rings. The average Bonchev–Trinajstić information content (AvgIpc) is 3.03. The van der Waals surface area contributed by atoms with Crippen molar-refractivity contribution >= 4 is 22.7 Å². The molecule has 0 aromatic carbocycles. The lowest BCUT2D eigenvalue weighted by Crippen LogP contribution is -2.14. The highest BCUT2D eigenvalue weighted by Crippen LogP contribution is 2.34. The number of aromatic nitrogens is 1. The Balaban J connectivity index is 1.72. The topological polar surface area (TPSA) is 38.9 Å². The van der Waals surface area contributed by atoms with Gasteiger partial charge in [0.05, 0.1) is 10.7 Å². The average molecular weight is 321 g/mol. The molecular formula is C17H24N2S2. The number of nitrogens with two attached hydrogens (primary N) is 1. The van der Waals surface area contributed by atoms with E-state index in [1.807, 2.05) is 11.3 Å². The van der Waals surface area contributed by atoms with Gasteiger partial charge < -0.3 is 5.73 Å². The fourth-order valence-electron chi connectivity index (χ4n) is 2.73. The second-order valence-corrected chi connectivity index (χ2v) is 9.10. The van der Waals surface area contributed by atoms with Gasteiger partial charge in [0.2, 0.25) is 0 Å². The van der Waals surface area contributed by atoms with Gasteiger partial charge in [0, 0.05) is 33.0 Å². The summed E-state index contributed by atoms with van der Waals surface area (Å²) >= 11 is 3.67. The molecule has 0 spiro atoms. The van der Waals surface area contributed by atoms with Crippen molar-refractivity contribution in [2.45, 2.75) is 64.3 Å². The van der Waals surface area contributed by atoms with Crippen molar-refractivity contribution < 1.29 is 0 Å². The molecule has 1 aliphatic rings. The maximum atomic E-state index is 6.43. The Morgan fingerprint density at radius 1 is 1.29 bits per heavy atom. The van der Waals surface area contributed by atoms with E-state index in [0.29, 0.717) is 0 Å². The number of aryl methyl sites for hydroxylation is 2. The van der Waals surface area contributed by atoms with E-state index < -0.39 is 0 Å². The van der Waals surface area contributed by atoms with Crippen molar-refractivity contribution in [3.05, 3.63) is 37.5 Å². The molecule has 0 bridgehead atoms. The zero-order chi connectivity index (χ0) is 15.0. The first kappa shape index (κ1) is 15.2. The SMILES string of the molecule is CC(C)(C)c1csc(CC(N)c2cc3c(s2)CCCC3)n1. The normalized spacial score (nSPS) is 16.8. The maximum absolute atomic E-state index is 6.43. The minimum Gasteiger partial charge on any atom is -0.323 e. The Labute approximate surface area is 135 Å². The Kier molecular flexibility index (Phi) is 4.21. The number of rotatable bonds is 3. The number of hydrogen-bond donors (Lipinski definition) is 1. The zero-order valence-electron chi connectivity index (χ0n) is 13.1. The van der Waals surface area contributed by atoms with Crippen LogP contribution in [0.2, 0.25) is 0 Å². The molecule has 1 aliphatic carbocycles. The summed E-state index contributed by atoms with van der Waals surface area (Å²) in [6.45, 7) is 6.62. The van der Waals surface area contributed by atoms with E-state index in [1.54, 1.807) is 21.8 Å². The monoisotopic (exact) mass is 320 g/mol. The van der Waals surface area contributed by atoms with Crippen LogP contribution in [0.3, 0.4) is 0 Å². The van der Waals surface area contributed by atoms with Crippen LogP contribution in [0, 0.1) is 0 Å². The summed E-state index contributed by atoms with van der Waals surface area (Å²) in [6, 6.07) is 2.45. The van der Waals surface area contributed by atoms with E-state index in [1.165, 1.54) is 41.3 Å². The highest BCUT2D eigenvalue weighted by Gasteiger charge is 2.20. The van der Waals surface area contributed by atoms with Crippen molar-refractivity contribution in [1.29, 1.82) is 0 Å². The van der Waals surface area contributed by atoms with E-state index >= 15 is 0 Å². The largest absolute Gasteiger partial charge is 0.323 e. The second kappa shape index (κ2) is 5.82. The van der Waals surface area contributed by atoms with Crippen molar-refractivity contribution in [3.8, 4) is 0 Å². The molecule has 21 heavy (non-hydrogen) atoms. The van der Waals surface area contributed by atoms with Gasteiger partial charge in [-0.25, -0.2) is 4.98 Å². The zero-order valence-corrected chi connectivity index (χ0v) is 14.7. The first-order valence-corrected chi connectivity index (χ1v) is 9.45.